The first kappa shape index (κ1) is 13.5. The first-order valence-corrected chi connectivity index (χ1v) is 7.86. The third kappa shape index (κ3) is 1.81. The molecule has 4 unspecified atom stereocenters. The van der Waals surface area contributed by atoms with Crippen LogP contribution in [0.5, 0.6) is 0 Å². The van der Waals surface area contributed by atoms with Gasteiger partial charge in [0.15, 0.2) is 0 Å². The second-order valence-corrected chi connectivity index (χ2v) is 6.84. The number of nitrogens with zero attached hydrogens (tertiary/aromatic N) is 1. The van der Waals surface area contributed by atoms with Crippen LogP contribution in [0.1, 0.15) is 18.9 Å². The van der Waals surface area contributed by atoms with Gasteiger partial charge in [-0.15, -0.1) is 0 Å². The number of imide groups is 1. The Morgan fingerprint density at radius 1 is 1.23 bits per heavy atom. The van der Waals surface area contributed by atoms with Gasteiger partial charge in [0.2, 0.25) is 11.8 Å². The zero-order chi connectivity index (χ0) is 15.3. The smallest absolute Gasteiger partial charge is 0.234 e. The molecule has 3 aliphatic rings. The van der Waals surface area contributed by atoms with Crippen LogP contribution < -0.4 is 0 Å². The van der Waals surface area contributed by atoms with Crippen LogP contribution in [0.15, 0.2) is 48.6 Å². The summed E-state index contributed by atoms with van der Waals surface area (Å²) in [6, 6.07) is 9.92. The predicted octanol–water partition coefficient (Wildman–Crippen LogP) is 2.90. The number of hydrogen-bond acceptors (Lipinski definition) is 2. The normalized spacial score (nSPS) is 35.9. The lowest BCUT2D eigenvalue weighted by molar-refractivity contribution is -0.140. The number of fused-ring (bicyclic) bond motifs is 5. The fourth-order valence-electron chi connectivity index (χ4n) is 4.38. The van der Waals surface area contributed by atoms with Gasteiger partial charge in [0.1, 0.15) is 0 Å². The maximum Gasteiger partial charge on any atom is 0.234 e. The minimum atomic E-state index is -0.139. The molecule has 4 rings (SSSR count). The second-order valence-electron chi connectivity index (χ2n) is 6.84. The van der Waals surface area contributed by atoms with Gasteiger partial charge in [-0.05, 0) is 23.3 Å². The molecule has 1 aromatic rings. The molecule has 0 radical (unpaired) electrons. The largest absolute Gasteiger partial charge is 0.278 e. The van der Waals surface area contributed by atoms with Gasteiger partial charge in [0, 0.05) is 6.54 Å². The van der Waals surface area contributed by atoms with Crippen LogP contribution >= 0.6 is 0 Å². The van der Waals surface area contributed by atoms with E-state index in [0.717, 1.165) is 12.0 Å². The molecule has 4 atom stereocenters. The van der Waals surface area contributed by atoms with E-state index in [-0.39, 0.29) is 35.0 Å². The van der Waals surface area contributed by atoms with Crippen molar-refractivity contribution in [3.8, 4) is 0 Å². The van der Waals surface area contributed by atoms with Gasteiger partial charge in [-0.2, -0.15) is 0 Å². The van der Waals surface area contributed by atoms with Gasteiger partial charge < -0.3 is 0 Å². The SMILES string of the molecule is CC12C=CC(C1)C1C(=O)N(CC=Cc3ccccc3)C(=O)C12. The van der Waals surface area contributed by atoms with Crippen LogP contribution in [0, 0.1) is 23.2 Å². The van der Waals surface area contributed by atoms with E-state index in [1.807, 2.05) is 42.5 Å². The molecule has 3 heteroatoms. The number of hydrogen-bond donors (Lipinski definition) is 0. The summed E-state index contributed by atoms with van der Waals surface area (Å²) in [5.74, 6) is 0.0372. The molecule has 2 bridgehead atoms. The highest BCUT2D eigenvalue weighted by Gasteiger charge is 2.63. The van der Waals surface area contributed by atoms with Crippen LogP contribution in [-0.4, -0.2) is 23.3 Å². The summed E-state index contributed by atoms with van der Waals surface area (Å²) in [6.45, 7) is 2.49. The van der Waals surface area contributed by atoms with Crippen molar-refractivity contribution in [3.05, 3.63) is 54.1 Å². The summed E-state index contributed by atoms with van der Waals surface area (Å²) >= 11 is 0. The highest BCUT2D eigenvalue weighted by molar-refractivity contribution is 6.06. The van der Waals surface area contributed by atoms with Crippen molar-refractivity contribution in [2.24, 2.45) is 23.2 Å². The standard InChI is InChI=1S/C19H19NO2/c1-19-10-9-14(12-19)15-16(19)18(22)20(17(15)21)11-5-8-13-6-3-2-4-7-13/h2-10,14-16H,11-12H2,1H3. The fourth-order valence-corrected chi connectivity index (χ4v) is 4.38. The number of benzene rings is 1. The average molecular weight is 293 g/mol. The Labute approximate surface area is 130 Å². The van der Waals surface area contributed by atoms with E-state index < -0.39 is 0 Å². The minimum absolute atomic E-state index is 0.0158. The summed E-state index contributed by atoms with van der Waals surface area (Å²) in [5.41, 5.74) is 0.968. The average Bonchev–Trinajstić information content (AvgIpc) is 3.12. The molecule has 1 aliphatic heterocycles. The zero-order valence-corrected chi connectivity index (χ0v) is 12.6. The van der Waals surface area contributed by atoms with Crippen molar-refractivity contribution >= 4 is 17.9 Å². The van der Waals surface area contributed by atoms with Gasteiger partial charge in [-0.25, -0.2) is 0 Å². The summed E-state index contributed by atoms with van der Waals surface area (Å²) in [7, 11) is 0. The van der Waals surface area contributed by atoms with Crippen molar-refractivity contribution in [2.45, 2.75) is 13.3 Å². The number of carbonyl (C=O) groups is 2. The number of amides is 2. The fraction of sp³-hybridized carbons (Fsp3) is 0.368. The Balaban J connectivity index is 1.52. The Kier molecular flexibility index (Phi) is 2.86. The molecule has 22 heavy (non-hydrogen) atoms. The maximum atomic E-state index is 12.7. The first-order chi connectivity index (χ1) is 10.6. The lowest BCUT2D eigenvalue weighted by Crippen LogP contribution is -2.34. The van der Waals surface area contributed by atoms with E-state index in [4.69, 9.17) is 0 Å². The van der Waals surface area contributed by atoms with Gasteiger partial charge in [-0.1, -0.05) is 61.6 Å². The molecule has 1 saturated carbocycles. The topological polar surface area (TPSA) is 37.4 Å². The molecule has 0 aromatic heterocycles. The minimum Gasteiger partial charge on any atom is -0.278 e. The van der Waals surface area contributed by atoms with Crippen molar-refractivity contribution in [1.82, 2.24) is 4.90 Å². The highest BCUT2D eigenvalue weighted by Crippen LogP contribution is 2.59. The van der Waals surface area contributed by atoms with Crippen LogP contribution in [0.25, 0.3) is 6.08 Å². The van der Waals surface area contributed by atoms with Gasteiger partial charge >= 0.3 is 0 Å². The molecule has 1 heterocycles. The number of rotatable bonds is 3. The number of allylic oxidation sites excluding steroid dienone is 2. The van der Waals surface area contributed by atoms with Gasteiger partial charge in [-0.3, -0.25) is 14.5 Å². The molecule has 2 fully saturated rings. The van der Waals surface area contributed by atoms with Gasteiger partial charge in [0.25, 0.3) is 0 Å². The lowest BCUT2D eigenvalue weighted by Gasteiger charge is -2.25. The van der Waals surface area contributed by atoms with Crippen molar-refractivity contribution in [2.75, 3.05) is 6.54 Å². The molecule has 0 N–H and O–H groups in total. The molecule has 2 aliphatic carbocycles. The molecule has 1 aromatic carbocycles. The van der Waals surface area contributed by atoms with E-state index in [1.165, 1.54) is 4.90 Å². The summed E-state index contributed by atoms with van der Waals surface area (Å²) in [6.07, 6.45) is 9.10. The molecule has 1 saturated heterocycles. The molecule has 112 valence electrons. The summed E-state index contributed by atoms with van der Waals surface area (Å²) < 4.78 is 0. The Morgan fingerprint density at radius 3 is 2.73 bits per heavy atom. The van der Waals surface area contributed by atoms with Gasteiger partial charge in [0.05, 0.1) is 11.8 Å². The Morgan fingerprint density at radius 2 is 2.00 bits per heavy atom. The lowest BCUT2D eigenvalue weighted by atomic mass is 9.76. The maximum absolute atomic E-state index is 12.7. The van der Waals surface area contributed by atoms with E-state index >= 15 is 0 Å². The molecule has 0 spiro atoms. The quantitative estimate of drug-likeness (QED) is 0.635. The van der Waals surface area contributed by atoms with Crippen LogP contribution in [0.2, 0.25) is 0 Å². The van der Waals surface area contributed by atoms with Crippen LogP contribution in [-0.2, 0) is 9.59 Å². The third-order valence-electron chi connectivity index (χ3n) is 5.41. The van der Waals surface area contributed by atoms with E-state index in [2.05, 4.69) is 19.1 Å². The summed E-state index contributed by atoms with van der Waals surface area (Å²) in [5, 5.41) is 0. The van der Waals surface area contributed by atoms with Crippen LogP contribution in [0.3, 0.4) is 0 Å². The number of likely N-dealkylation sites (tertiary alicyclic amines) is 1. The summed E-state index contributed by atoms with van der Waals surface area (Å²) in [4.78, 5) is 26.7. The first-order valence-electron chi connectivity index (χ1n) is 7.86. The van der Waals surface area contributed by atoms with E-state index in [9.17, 15) is 9.59 Å². The zero-order valence-electron chi connectivity index (χ0n) is 12.6. The van der Waals surface area contributed by atoms with E-state index in [0.29, 0.717) is 6.54 Å². The second kappa shape index (κ2) is 4.67. The Bertz CT molecular complexity index is 691. The molecular formula is C19H19NO2. The van der Waals surface area contributed by atoms with Crippen molar-refractivity contribution < 1.29 is 9.59 Å². The molecule has 2 amide bonds. The van der Waals surface area contributed by atoms with E-state index in [1.54, 1.807) is 0 Å². The molecule has 3 nitrogen and oxygen atoms in total. The third-order valence-corrected chi connectivity index (χ3v) is 5.41. The van der Waals surface area contributed by atoms with Crippen molar-refractivity contribution in [1.29, 1.82) is 0 Å². The predicted molar refractivity (Wildman–Crippen MR) is 84.5 cm³/mol. The van der Waals surface area contributed by atoms with Crippen molar-refractivity contribution in [3.63, 3.8) is 0 Å². The van der Waals surface area contributed by atoms with Crippen LogP contribution in [0.4, 0.5) is 0 Å². The molecular weight excluding hydrogens is 274 g/mol. The highest BCUT2D eigenvalue weighted by atomic mass is 16.2. The number of carbonyl (C=O) groups excluding carboxylic acids is 2. The monoisotopic (exact) mass is 293 g/mol. The Hall–Kier alpha value is -2.16.